The fraction of sp³-hybridized carbons (Fsp3) is 0.455. The molecule has 2 heteroatoms. The first-order valence-corrected chi connectivity index (χ1v) is 4.44. The topological polar surface area (TPSA) is 23.5 Å². The molecule has 1 atom stereocenters. The summed E-state index contributed by atoms with van der Waals surface area (Å²) in [6.07, 6.45) is 3.83. The summed E-state index contributed by atoms with van der Waals surface area (Å²) >= 11 is 0. The largest absolute Gasteiger partial charge is 0.387 e. The van der Waals surface area contributed by atoms with Gasteiger partial charge in [-0.2, -0.15) is 0 Å². The lowest BCUT2D eigenvalue weighted by Gasteiger charge is -2.25. The minimum atomic E-state index is -0.460. The summed E-state index contributed by atoms with van der Waals surface area (Å²) in [6, 6.07) is 0. The van der Waals surface area contributed by atoms with E-state index in [-0.39, 0.29) is 0 Å². The lowest BCUT2D eigenvalue weighted by Crippen LogP contribution is -2.23. The van der Waals surface area contributed by atoms with Crippen molar-refractivity contribution in [3.05, 3.63) is 36.7 Å². The highest BCUT2D eigenvalue weighted by atomic mass is 16.3. The van der Waals surface area contributed by atoms with Crippen LogP contribution in [0.5, 0.6) is 0 Å². The Morgan fingerprint density at radius 2 is 2.15 bits per heavy atom. The fourth-order valence-electron chi connectivity index (χ4n) is 0.968. The summed E-state index contributed by atoms with van der Waals surface area (Å²) in [5.41, 5.74) is 1.74. The Labute approximate surface area is 80.9 Å². The van der Waals surface area contributed by atoms with E-state index in [9.17, 15) is 5.11 Å². The molecule has 0 aliphatic carbocycles. The summed E-state index contributed by atoms with van der Waals surface area (Å²) < 4.78 is 0. The first-order valence-electron chi connectivity index (χ1n) is 4.44. The standard InChI is InChI=1S/C11H19NO/c1-6-8-9(3)12(5)10(4)11(13)7-2/h6,8,11,13H,1,4,7H2,2-3,5H3/b9-8+. The van der Waals surface area contributed by atoms with E-state index < -0.39 is 6.10 Å². The molecule has 0 rings (SSSR count). The summed E-state index contributed by atoms with van der Waals surface area (Å²) in [4.78, 5) is 1.87. The molecule has 0 bridgehead atoms. The molecular weight excluding hydrogens is 162 g/mol. The Bertz CT molecular complexity index is 218. The van der Waals surface area contributed by atoms with Gasteiger partial charge in [0.1, 0.15) is 0 Å². The fourth-order valence-corrected chi connectivity index (χ4v) is 0.968. The quantitative estimate of drug-likeness (QED) is 0.658. The number of rotatable bonds is 5. The number of allylic oxidation sites excluding steroid dienone is 3. The van der Waals surface area contributed by atoms with Gasteiger partial charge in [-0.05, 0) is 19.4 Å². The molecule has 0 aromatic heterocycles. The van der Waals surface area contributed by atoms with E-state index in [4.69, 9.17) is 0 Å². The molecule has 0 radical (unpaired) electrons. The van der Waals surface area contributed by atoms with E-state index in [1.54, 1.807) is 6.08 Å². The summed E-state index contributed by atoms with van der Waals surface area (Å²) in [7, 11) is 1.89. The third-order valence-corrected chi connectivity index (χ3v) is 2.09. The maximum Gasteiger partial charge on any atom is 0.0931 e. The van der Waals surface area contributed by atoms with Crippen molar-refractivity contribution < 1.29 is 5.11 Å². The molecule has 0 saturated carbocycles. The molecule has 0 fully saturated rings. The summed E-state index contributed by atoms with van der Waals surface area (Å²) in [5.74, 6) is 0. The molecule has 0 saturated heterocycles. The number of aliphatic hydroxyl groups excluding tert-OH is 1. The minimum absolute atomic E-state index is 0.460. The highest BCUT2D eigenvalue weighted by Crippen LogP contribution is 2.13. The average Bonchev–Trinajstić information content (AvgIpc) is 2.14. The third-order valence-electron chi connectivity index (χ3n) is 2.09. The van der Waals surface area contributed by atoms with Gasteiger partial charge in [-0.25, -0.2) is 0 Å². The van der Waals surface area contributed by atoms with Gasteiger partial charge in [0.25, 0.3) is 0 Å². The maximum atomic E-state index is 9.52. The van der Waals surface area contributed by atoms with Crippen LogP contribution in [0.25, 0.3) is 0 Å². The van der Waals surface area contributed by atoms with Crippen LogP contribution >= 0.6 is 0 Å². The SMILES string of the molecule is C=C/C=C(\C)N(C)C(=C)C(O)CC. The number of nitrogens with zero attached hydrogens (tertiary/aromatic N) is 1. The van der Waals surface area contributed by atoms with Crippen molar-refractivity contribution >= 4 is 0 Å². The Balaban J connectivity index is 4.42. The van der Waals surface area contributed by atoms with E-state index in [0.29, 0.717) is 6.42 Å². The van der Waals surface area contributed by atoms with Crippen LogP contribution in [0.2, 0.25) is 0 Å². The van der Waals surface area contributed by atoms with Crippen LogP contribution in [0.4, 0.5) is 0 Å². The van der Waals surface area contributed by atoms with Crippen molar-refractivity contribution in [2.45, 2.75) is 26.4 Å². The predicted octanol–water partition coefficient (Wildman–Crippen LogP) is 2.29. The second kappa shape index (κ2) is 5.60. The minimum Gasteiger partial charge on any atom is -0.387 e. The molecule has 0 amide bonds. The lowest BCUT2D eigenvalue weighted by atomic mass is 10.2. The highest BCUT2D eigenvalue weighted by molar-refractivity contribution is 5.14. The highest BCUT2D eigenvalue weighted by Gasteiger charge is 2.10. The smallest absolute Gasteiger partial charge is 0.0931 e. The Morgan fingerprint density at radius 3 is 2.54 bits per heavy atom. The average molecular weight is 181 g/mol. The molecule has 1 unspecified atom stereocenters. The second-order valence-corrected chi connectivity index (χ2v) is 3.02. The summed E-state index contributed by atoms with van der Waals surface area (Å²) in [6.45, 7) is 11.3. The van der Waals surface area contributed by atoms with Crippen LogP contribution in [0.3, 0.4) is 0 Å². The number of likely N-dealkylation sites (N-methyl/N-ethyl adjacent to an activating group) is 1. The van der Waals surface area contributed by atoms with E-state index in [1.807, 2.05) is 31.9 Å². The van der Waals surface area contributed by atoms with Gasteiger partial charge in [-0.3, -0.25) is 0 Å². The molecule has 1 N–H and O–H groups in total. The van der Waals surface area contributed by atoms with Crippen molar-refractivity contribution in [2.24, 2.45) is 0 Å². The van der Waals surface area contributed by atoms with Gasteiger partial charge in [0, 0.05) is 18.4 Å². The zero-order valence-electron chi connectivity index (χ0n) is 8.75. The third kappa shape index (κ3) is 3.47. The molecule has 0 spiro atoms. The van der Waals surface area contributed by atoms with Gasteiger partial charge in [0.05, 0.1) is 6.10 Å². The van der Waals surface area contributed by atoms with Gasteiger partial charge in [-0.1, -0.05) is 26.2 Å². The van der Waals surface area contributed by atoms with Crippen LogP contribution in [0.15, 0.2) is 36.7 Å². The van der Waals surface area contributed by atoms with Crippen LogP contribution in [0, 0.1) is 0 Å². The number of hydrogen-bond donors (Lipinski definition) is 1. The molecular formula is C11H19NO. The van der Waals surface area contributed by atoms with E-state index >= 15 is 0 Å². The van der Waals surface area contributed by atoms with Gasteiger partial charge < -0.3 is 10.0 Å². The van der Waals surface area contributed by atoms with Crippen LogP contribution in [0.1, 0.15) is 20.3 Å². The second-order valence-electron chi connectivity index (χ2n) is 3.02. The molecule has 0 aliphatic heterocycles. The Morgan fingerprint density at radius 1 is 1.62 bits per heavy atom. The monoisotopic (exact) mass is 181 g/mol. The molecule has 2 nitrogen and oxygen atoms in total. The summed E-state index contributed by atoms with van der Waals surface area (Å²) in [5, 5.41) is 9.52. The van der Waals surface area contributed by atoms with Crippen molar-refractivity contribution in [3.63, 3.8) is 0 Å². The van der Waals surface area contributed by atoms with Crippen LogP contribution in [-0.2, 0) is 0 Å². The first-order chi connectivity index (χ1) is 6.04. The van der Waals surface area contributed by atoms with E-state index in [0.717, 1.165) is 11.4 Å². The van der Waals surface area contributed by atoms with Crippen molar-refractivity contribution in [1.82, 2.24) is 4.90 Å². The van der Waals surface area contributed by atoms with Gasteiger partial charge >= 0.3 is 0 Å². The Kier molecular flexibility index (Phi) is 5.16. The van der Waals surface area contributed by atoms with Gasteiger partial charge in [0.15, 0.2) is 0 Å². The van der Waals surface area contributed by atoms with Crippen LogP contribution < -0.4 is 0 Å². The zero-order chi connectivity index (χ0) is 10.4. The molecule has 0 heterocycles. The maximum absolute atomic E-state index is 9.52. The Hall–Kier alpha value is -1.02. The van der Waals surface area contributed by atoms with Gasteiger partial charge in [0.2, 0.25) is 0 Å². The van der Waals surface area contributed by atoms with Crippen molar-refractivity contribution in [1.29, 1.82) is 0 Å². The normalized spacial score (nSPS) is 13.7. The lowest BCUT2D eigenvalue weighted by molar-refractivity contribution is 0.178. The zero-order valence-corrected chi connectivity index (χ0v) is 8.75. The van der Waals surface area contributed by atoms with Crippen LogP contribution in [-0.4, -0.2) is 23.2 Å². The molecule has 0 aromatic carbocycles. The number of hydrogen-bond acceptors (Lipinski definition) is 2. The number of aliphatic hydroxyl groups is 1. The molecule has 0 aliphatic rings. The van der Waals surface area contributed by atoms with Crippen molar-refractivity contribution in [3.8, 4) is 0 Å². The first kappa shape index (κ1) is 12.0. The molecule has 74 valence electrons. The molecule has 13 heavy (non-hydrogen) atoms. The molecule has 0 aromatic rings. The van der Waals surface area contributed by atoms with E-state index in [2.05, 4.69) is 13.2 Å². The van der Waals surface area contributed by atoms with Crippen molar-refractivity contribution in [2.75, 3.05) is 7.05 Å². The predicted molar refractivity (Wildman–Crippen MR) is 57.2 cm³/mol. The van der Waals surface area contributed by atoms with Gasteiger partial charge in [-0.15, -0.1) is 0 Å². The van der Waals surface area contributed by atoms with E-state index in [1.165, 1.54) is 0 Å².